The molecular formula is C32H38ClN3O3. The maximum absolute atomic E-state index is 13.8. The molecule has 0 bridgehead atoms. The van der Waals surface area contributed by atoms with Crippen LogP contribution in [0.15, 0.2) is 60.7 Å². The van der Waals surface area contributed by atoms with E-state index in [0.29, 0.717) is 16.5 Å². The van der Waals surface area contributed by atoms with Crippen molar-refractivity contribution in [1.82, 2.24) is 4.90 Å². The van der Waals surface area contributed by atoms with E-state index in [4.69, 9.17) is 26.8 Å². The van der Waals surface area contributed by atoms with Crippen LogP contribution in [0.2, 0.25) is 5.02 Å². The molecule has 206 valence electrons. The number of nitrogens with two attached hydrogens (primary N) is 1. The highest BCUT2D eigenvalue weighted by atomic mass is 35.5. The highest BCUT2D eigenvalue weighted by Crippen LogP contribution is 2.44. The minimum absolute atomic E-state index is 0.0337. The molecule has 2 N–H and O–H groups in total. The van der Waals surface area contributed by atoms with E-state index >= 15 is 0 Å². The fraction of sp³-hybridized carbons (Fsp3) is 0.406. The van der Waals surface area contributed by atoms with Crippen molar-refractivity contribution < 1.29 is 14.3 Å². The summed E-state index contributed by atoms with van der Waals surface area (Å²) >= 11 is 6.25. The van der Waals surface area contributed by atoms with Crippen molar-refractivity contribution >= 4 is 23.2 Å². The molecule has 5 rings (SSSR count). The Morgan fingerprint density at radius 3 is 2.38 bits per heavy atom. The highest BCUT2D eigenvalue weighted by Gasteiger charge is 2.36. The van der Waals surface area contributed by atoms with E-state index < -0.39 is 0 Å². The molecule has 0 aliphatic carbocycles. The number of anilines is 1. The van der Waals surface area contributed by atoms with E-state index in [9.17, 15) is 4.79 Å². The van der Waals surface area contributed by atoms with Gasteiger partial charge in [-0.1, -0.05) is 42.8 Å². The molecule has 0 spiro atoms. The Kier molecular flexibility index (Phi) is 8.17. The number of carbonyl (C=O) groups is 1. The minimum atomic E-state index is -0.330. The van der Waals surface area contributed by atoms with Gasteiger partial charge in [-0.3, -0.25) is 9.69 Å². The molecule has 2 heterocycles. The minimum Gasteiger partial charge on any atom is -0.493 e. The summed E-state index contributed by atoms with van der Waals surface area (Å²) in [5.74, 6) is 1.36. The number of carbonyl (C=O) groups excluding carboxylic acids is 1. The van der Waals surface area contributed by atoms with Crippen LogP contribution in [0, 0.1) is 0 Å². The average molecular weight is 548 g/mol. The van der Waals surface area contributed by atoms with E-state index in [0.717, 1.165) is 48.3 Å². The van der Waals surface area contributed by atoms with E-state index in [-0.39, 0.29) is 36.6 Å². The zero-order chi connectivity index (χ0) is 27.7. The Balaban J connectivity index is 1.56. The van der Waals surface area contributed by atoms with Gasteiger partial charge in [0.15, 0.2) is 11.5 Å². The molecule has 4 atom stereocenters. The Labute approximate surface area is 236 Å². The number of fused-ring (bicyclic) bond motifs is 1. The van der Waals surface area contributed by atoms with Crippen molar-refractivity contribution in [1.29, 1.82) is 0 Å². The molecule has 1 saturated heterocycles. The number of likely N-dealkylation sites (tertiary alicyclic amines) is 1. The van der Waals surface area contributed by atoms with Gasteiger partial charge in [0.05, 0.1) is 25.7 Å². The molecule has 0 radical (unpaired) electrons. The van der Waals surface area contributed by atoms with Crippen LogP contribution < -0.4 is 20.1 Å². The number of amides is 1. The summed E-state index contributed by atoms with van der Waals surface area (Å²) in [5.41, 5.74) is 11.2. The van der Waals surface area contributed by atoms with Crippen LogP contribution in [0.3, 0.4) is 0 Å². The monoisotopic (exact) mass is 547 g/mol. The molecule has 3 aromatic rings. The number of rotatable bonds is 8. The second kappa shape index (κ2) is 11.6. The standard InChI is InChI=1S/C32H38ClN3O3/c1-5-20(2)39-30-18-28-24(16-29(30)38-4)17-31(37)36(32(28)23-6-10-25(33)11-7-23)27-12-8-22(9-13-27)21(3)35-15-14-26(34)19-35/h6-13,16,18,20-21,26,32H,5,14-15,17,19,34H2,1-4H3/t20-,21?,26-,32?/m1/s1. The van der Waals surface area contributed by atoms with Crippen molar-refractivity contribution in [3.63, 3.8) is 0 Å². The lowest BCUT2D eigenvalue weighted by Crippen LogP contribution is -2.41. The number of hydrogen-bond donors (Lipinski definition) is 1. The molecule has 0 saturated carbocycles. The lowest BCUT2D eigenvalue weighted by molar-refractivity contribution is -0.118. The molecule has 2 unspecified atom stereocenters. The van der Waals surface area contributed by atoms with E-state index in [1.165, 1.54) is 5.56 Å². The van der Waals surface area contributed by atoms with Crippen LogP contribution in [0.4, 0.5) is 5.69 Å². The normalized spacial score (nSPS) is 21.0. The number of methoxy groups -OCH3 is 1. The molecule has 2 aliphatic heterocycles. The van der Waals surface area contributed by atoms with Gasteiger partial charge in [-0.05, 0) is 85.3 Å². The molecule has 0 aromatic heterocycles. The van der Waals surface area contributed by atoms with Gasteiger partial charge in [-0.15, -0.1) is 0 Å². The Bertz CT molecular complexity index is 1310. The Morgan fingerprint density at radius 1 is 1.05 bits per heavy atom. The topological polar surface area (TPSA) is 68.0 Å². The summed E-state index contributed by atoms with van der Waals surface area (Å²) in [6, 6.07) is 20.3. The summed E-state index contributed by atoms with van der Waals surface area (Å²) in [5, 5.41) is 0.656. The summed E-state index contributed by atoms with van der Waals surface area (Å²) in [7, 11) is 1.64. The quantitative estimate of drug-likeness (QED) is 0.358. The Hall–Kier alpha value is -3.06. The van der Waals surface area contributed by atoms with Gasteiger partial charge >= 0.3 is 0 Å². The van der Waals surface area contributed by atoms with E-state index in [2.05, 4.69) is 43.0 Å². The third kappa shape index (κ3) is 5.65. The van der Waals surface area contributed by atoms with Crippen molar-refractivity contribution in [2.45, 2.75) is 64.3 Å². The fourth-order valence-electron chi connectivity index (χ4n) is 5.67. The SMILES string of the molecule is CC[C@@H](C)Oc1cc2c(cc1OC)CC(=O)N(c1ccc(C(C)N3CC[C@@H](N)C3)cc1)C2c1ccc(Cl)cc1. The maximum Gasteiger partial charge on any atom is 0.232 e. The number of halogens is 1. The molecule has 2 aliphatic rings. The summed E-state index contributed by atoms with van der Waals surface area (Å²) in [6.45, 7) is 8.28. The van der Waals surface area contributed by atoms with Crippen molar-refractivity contribution in [2.24, 2.45) is 5.73 Å². The van der Waals surface area contributed by atoms with Gasteiger partial charge in [0.2, 0.25) is 5.91 Å². The molecule has 1 fully saturated rings. The summed E-state index contributed by atoms with van der Waals surface area (Å²) in [4.78, 5) is 18.1. The second-order valence-electron chi connectivity index (χ2n) is 10.7. The first kappa shape index (κ1) is 27.5. The molecule has 1 amide bonds. The highest BCUT2D eigenvalue weighted by molar-refractivity contribution is 6.30. The first-order chi connectivity index (χ1) is 18.8. The van der Waals surface area contributed by atoms with Gasteiger partial charge in [0.1, 0.15) is 0 Å². The fourth-order valence-corrected chi connectivity index (χ4v) is 5.79. The lowest BCUT2D eigenvalue weighted by Gasteiger charge is -2.38. The maximum atomic E-state index is 13.8. The predicted octanol–water partition coefficient (Wildman–Crippen LogP) is 6.30. The molecule has 3 aromatic carbocycles. The van der Waals surface area contributed by atoms with Gasteiger partial charge in [-0.2, -0.15) is 0 Å². The smallest absolute Gasteiger partial charge is 0.232 e. The van der Waals surface area contributed by atoms with E-state index in [1.807, 2.05) is 48.2 Å². The average Bonchev–Trinajstić information content (AvgIpc) is 3.38. The van der Waals surface area contributed by atoms with Crippen LogP contribution >= 0.6 is 11.6 Å². The van der Waals surface area contributed by atoms with Crippen molar-refractivity contribution in [3.05, 3.63) is 87.9 Å². The van der Waals surface area contributed by atoms with Crippen LogP contribution in [0.1, 0.15) is 68.0 Å². The molecular weight excluding hydrogens is 510 g/mol. The Morgan fingerprint density at radius 2 is 1.77 bits per heavy atom. The number of hydrogen-bond acceptors (Lipinski definition) is 5. The van der Waals surface area contributed by atoms with Gasteiger partial charge in [0, 0.05) is 35.9 Å². The number of nitrogens with zero attached hydrogens (tertiary/aromatic N) is 2. The van der Waals surface area contributed by atoms with Crippen molar-refractivity contribution in [2.75, 3.05) is 25.1 Å². The van der Waals surface area contributed by atoms with Crippen LogP contribution in [0.25, 0.3) is 0 Å². The van der Waals surface area contributed by atoms with Gasteiger partial charge in [0.25, 0.3) is 0 Å². The molecule has 6 nitrogen and oxygen atoms in total. The van der Waals surface area contributed by atoms with Crippen molar-refractivity contribution in [3.8, 4) is 11.5 Å². The van der Waals surface area contributed by atoms with Gasteiger partial charge < -0.3 is 20.1 Å². The third-order valence-electron chi connectivity index (χ3n) is 8.13. The number of ether oxygens (including phenoxy) is 2. The summed E-state index contributed by atoms with van der Waals surface area (Å²) in [6.07, 6.45) is 2.22. The van der Waals surface area contributed by atoms with Crippen LogP contribution in [-0.2, 0) is 11.2 Å². The first-order valence-corrected chi connectivity index (χ1v) is 14.2. The lowest BCUT2D eigenvalue weighted by atomic mass is 9.86. The zero-order valence-electron chi connectivity index (χ0n) is 23.2. The third-order valence-corrected chi connectivity index (χ3v) is 8.39. The second-order valence-corrected chi connectivity index (χ2v) is 11.2. The largest absolute Gasteiger partial charge is 0.493 e. The van der Waals surface area contributed by atoms with Crippen LogP contribution in [0.5, 0.6) is 11.5 Å². The summed E-state index contributed by atoms with van der Waals surface area (Å²) < 4.78 is 11.9. The zero-order valence-corrected chi connectivity index (χ0v) is 23.9. The first-order valence-electron chi connectivity index (χ1n) is 13.8. The number of benzene rings is 3. The predicted molar refractivity (Wildman–Crippen MR) is 157 cm³/mol. The molecule has 39 heavy (non-hydrogen) atoms. The van der Waals surface area contributed by atoms with Crippen LogP contribution in [-0.4, -0.2) is 43.2 Å². The van der Waals surface area contributed by atoms with E-state index in [1.54, 1.807) is 7.11 Å². The molecule has 7 heteroatoms. The van der Waals surface area contributed by atoms with Gasteiger partial charge in [-0.25, -0.2) is 0 Å².